The maximum absolute atomic E-state index is 12.1. The minimum atomic E-state index is -0.543. The summed E-state index contributed by atoms with van der Waals surface area (Å²) in [4.78, 5) is 24.2. The van der Waals surface area contributed by atoms with Gasteiger partial charge in [-0.3, -0.25) is 9.89 Å². The quantitative estimate of drug-likeness (QED) is 0.793. The summed E-state index contributed by atoms with van der Waals surface area (Å²) < 4.78 is 5.37. The Bertz CT molecular complexity index is 528. The first kappa shape index (κ1) is 17.3. The second kappa shape index (κ2) is 7.02. The summed E-state index contributed by atoms with van der Waals surface area (Å²) in [5, 5.41) is 12.3. The Morgan fingerprint density at radius 2 is 2.00 bits per heavy atom. The van der Waals surface area contributed by atoms with Crippen LogP contribution < -0.4 is 10.6 Å². The van der Waals surface area contributed by atoms with Gasteiger partial charge in [-0.2, -0.15) is 5.10 Å². The molecule has 7 nitrogen and oxygen atoms in total. The first-order valence-electron chi connectivity index (χ1n) is 8.08. The molecule has 1 heterocycles. The lowest BCUT2D eigenvalue weighted by atomic mass is 9.81. The summed E-state index contributed by atoms with van der Waals surface area (Å²) >= 11 is 0. The molecule has 23 heavy (non-hydrogen) atoms. The number of nitrogens with one attached hydrogen (secondary N) is 3. The molecule has 1 aliphatic carbocycles. The van der Waals surface area contributed by atoms with Crippen LogP contribution in [0.25, 0.3) is 0 Å². The van der Waals surface area contributed by atoms with Gasteiger partial charge in [-0.25, -0.2) is 4.79 Å². The number of ether oxygens (including phenoxy) is 1. The molecule has 0 aromatic carbocycles. The number of amides is 2. The van der Waals surface area contributed by atoms with Crippen molar-refractivity contribution in [3.05, 3.63) is 18.0 Å². The van der Waals surface area contributed by atoms with Crippen molar-refractivity contribution in [1.82, 2.24) is 20.8 Å². The second-order valence-electron chi connectivity index (χ2n) is 7.12. The first-order valence-corrected chi connectivity index (χ1v) is 8.08. The van der Waals surface area contributed by atoms with Gasteiger partial charge in [0, 0.05) is 12.7 Å². The van der Waals surface area contributed by atoms with Crippen LogP contribution in [0.4, 0.5) is 4.79 Å². The molecule has 0 aliphatic heterocycles. The minimum Gasteiger partial charge on any atom is -0.444 e. The number of alkyl carbamates (subject to hydrolysis) is 1. The molecule has 2 rings (SSSR count). The van der Waals surface area contributed by atoms with Crippen molar-refractivity contribution in [3.63, 3.8) is 0 Å². The zero-order chi connectivity index (χ0) is 16.9. The molecule has 0 radical (unpaired) electrons. The van der Waals surface area contributed by atoms with Gasteiger partial charge < -0.3 is 15.4 Å². The van der Waals surface area contributed by atoms with Gasteiger partial charge in [-0.05, 0) is 39.7 Å². The molecule has 0 unspecified atom stereocenters. The Hall–Kier alpha value is -2.05. The van der Waals surface area contributed by atoms with Crippen LogP contribution >= 0.6 is 0 Å². The first-order chi connectivity index (χ1) is 10.8. The molecule has 128 valence electrons. The van der Waals surface area contributed by atoms with Crippen LogP contribution in [0.15, 0.2) is 12.3 Å². The standard InChI is InChI=1S/C16H26N4O3/c1-15(2,3)23-14(22)19-16(8-5-4-6-9-16)11-17-13(21)12-7-10-18-20-12/h7,10H,4-6,8-9,11H2,1-3H3,(H,17,21)(H,18,20)(H,19,22). The molecular formula is C16H26N4O3. The van der Waals surface area contributed by atoms with E-state index in [-0.39, 0.29) is 5.91 Å². The van der Waals surface area contributed by atoms with Gasteiger partial charge in [-0.15, -0.1) is 0 Å². The lowest BCUT2D eigenvalue weighted by molar-refractivity contribution is 0.0419. The van der Waals surface area contributed by atoms with E-state index in [1.54, 1.807) is 6.07 Å². The number of H-pyrrole nitrogens is 1. The Morgan fingerprint density at radius 1 is 1.30 bits per heavy atom. The number of carbonyl (C=O) groups excluding carboxylic acids is 2. The highest BCUT2D eigenvalue weighted by molar-refractivity contribution is 5.92. The van der Waals surface area contributed by atoms with Gasteiger partial charge in [0.25, 0.3) is 5.91 Å². The number of nitrogens with zero attached hydrogens (tertiary/aromatic N) is 1. The van der Waals surface area contributed by atoms with Gasteiger partial charge in [0.05, 0.1) is 5.54 Å². The number of aromatic nitrogens is 2. The van der Waals surface area contributed by atoms with E-state index in [1.807, 2.05) is 20.8 Å². The van der Waals surface area contributed by atoms with E-state index in [0.717, 1.165) is 32.1 Å². The van der Waals surface area contributed by atoms with Crippen LogP contribution in [-0.2, 0) is 4.74 Å². The second-order valence-corrected chi connectivity index (χ2v) is 7.12. The van der Waals surface area contributed by atoms with Crippen LogP contribution in [-0.4, -0.2) is 39.9 Å². The lowest BCUT2D eigenvalue weighted by Gasteiger charge is -2.38. The van der Waals surface area contributed by atoms with Crippen molar-refractivity contribution in [2.24, 2.45) is 0 Å². The fraction of sp³-hybridized carbons (Fsp3) is 0.688. The molecule has 0 saturated heterocycles. The predicted molar refractivity (Wildman–Crippen MR) is 86.1 cm³/mol. The summed E-state index contributed by atoms with van der Waals surface area (Å²) in [6, 6.07) is 1.62. The third kappa shape index (κ3) is 5.26. The van der Waals surface area contributed by atoms with Crippen LogP contribution in [0, 0.1) is 0 Å². The fourth-order valence-electron chi connectivity index (χ4n) is 2.82. The SMILES string of the molecule is CC(C)(C)OC(=O)NC1(CNC(=O)c2ccn[nH]2)CCCCC1. The summed E-state index contributed by atoms with van der Waals surface area (Å²) in [5.41, 5.74) is -0.580. The largest absolute Gasteiger partial charge is 0.444 e. The maximum atomic E-state index is 12.1. The highest BCUT2D eigenvalue weighted by Gasteiger charge is 2.35. The van der Waals surface area contributed by atoms with E-state index < -0.39 is 17.2 Å². The molecule has 2 amide bonds. The fourth-order valence-corrected chi connectivity index (χ4v) is 2.82. The van der Waals surface area contributed by atoms with Gasteiger partial charge in [-0.1, -0.05) is 19.3 Å². The van der Waals surface area contributed by atoms with E-state index >= 15 is 0 Å². The van der Waals surface area contributed by atoms with E-state index in [2.05, 4.69) is 20.8 Å². The molecular weight excluding hydrogens is 296 g/mol. The van der Waals surface area contributed by atoms with Gasteiger partial charge in [0.1, 0.15) is 11.3 Å². The molecule has 1 fully saturated rings. The number of carbonyl (C=O) groups is 2. The summed E-state index contributed by atoms with van der Waals surface area (Å²) in [6.45, 7) is 5.88. The van der Waals surface area contributed by atoms with Crippen molar-refractivity contribution < 1.29 is 14.3 Å². The van der Waals surface area contributed by atoms with Crippen molar-refractivity contribution >= 4 is 12.0 Å². The average molecular weight is 322 g/mol. The Morgan fingerprint density at radius 3 is 2.57 bits per heavy atom. The normalized spacial score (nSPS) is 17.3. The van der Waals surface area contributed by atoms with E-state index in [0.29, 0.717) is 12.2 Å². The maximum Gasteiger partial charge on any atom is 0.408 e. The van der Waals surface area contributed by atoms with Gasteiger partial charge in [0.2, 0.25) is 0 Å². The zero-order valence-corrected chi connectivity index (χ0v) is 14.1. The average Bonchev–Trinajstić information content (AvgIpc) is 2.98. The van der Waals surface area contributed by atoms with E-state index in [4.69, 9.17) is 4.74 Å². The molecule has 3 N–H and O–H groups in total. The lowest BCUT2D eigenvalue weighted by Crippen LogP contribution is -2.57. The Labute approximate surface area is 136 Å². The predicted octanol–water partition coefficient (Wildman–Crippen LogP) is 2.37. The van der Waals surface area contributed by atoms with Crippen molar-refractivity contribution in [3.8, 4) is 0 Å². The summed E-state index contributed by atoms with van der Waals surface area (Å²) in [7, 11) is 0. The smallest absolute Gasteiger partial charge is 0.408 e. The number of hydrogen-bond donors (Lipinski definition) is 3. The Kier molecular flexibility index (Phi) is 5.28. The molecule has 1 aliphatic rings. The van der Waals surface area contributed by atoms with Crippen LogP contribution in [0.1, 0.15) is 63.4 Å². The third-order valence-electron chi connectivity index (χ3n) is 3.91. The van der Waals surface area contributed by atoms with Crippen LogP contribution in [0.2, 0.25) is 0 Å². The van der Waals surface area contributed by atoms with E-state index in [1.165, 1.54) is 6.20 Å². The Balaban J connectivity index is 1.98. The number of aromatic amines is 1. The summed E-state index contributed by atoms with van der Waals surface area (Å²) in [6.07, 6.45) is 5.95. The monoisotopic (exact) mass is 322 g/mol. The van der Waals surface area contributed by atoms with Crippen molar-refractivity contribution in [2.45, 2.75) is 64.0 Å². The number of hydrogen-bond acceptors (Lipinski definition) is 4. The van der Waals surface area contributed by atoms with Gasteiger partial charge in [0.15, 0.2) is 0 Å². The molecule has 0 bridgehead atoms. The van der Waals surface area contributed by atoms with Crippen molar-refractivity contribution in [1.29, 1.82) is 0 Å². The molecule has 0 atom stereocenters. The molecule has 1 aromatic heterocycles. The highest BCUT2D eigenvalue weighted by Crippen LogP contribution is 2.28. The summed E-state index contributed by atoms with van der Waals surface area (Å²) in [5.74, 6) is -0.224. The molecule has 1 aromatic rings. The zero-order valence-electron chi connectivity index (χ0n) is 14.1. The van der Waals surface area contributed by atoms with Crippen LogP contribution in [0.5, 0.6) is 0 Å². The topological polar surface area (TPSA) is 96.1 Å². The molecule has 1 saturated carbocycles. The third-order valence-corrected chi connectivity index (χ3v) is 3.91. The molecule has 0 spiro atoms. The highest BCUT2D eigenvalue weighted by atomic mass is 16.6. The number of rotatable bonds is 4. The van der Waals surface area contributed by atoms with Gasteiger partial charge >= 0.3 is 6.09 Å². The van der Waals surface area contributed by atoms with Crippen LogP contribution in [0.3, 0.4) is 0 Å². The minimum absolute atomic E-state index is 0.224. The van der Waals surface area contributed by atoms with E-state index in [9.17, 15) is 9.59 Å². The van der Waals surface area contributed by atoms with Crippen molar-refractivity contribution in [2.75, 3.05) is 6.54 Å². The molecule has 7 heteroatoms.